The highest BCUT2D eigenvalue weighted by Crippen LogP contribution is 2.32. The van der Waals surface area contributed by atoms with Crippen LogP contribution in [-0.4, -0.2) is 23.1 Å². The number of nitriles is 1. The summed E-state index contributed by atoms with van der Waals surface area (Å²) in [4.78, 5) is 4.19. The Kier molecular flexibility index (Phi) is 6.97. The summed E-state index contributed by atoms with van der Waals surface area (Å²) in [6.07, 6.45) is 4.10. The summed E-state index contributed by atoms with van der Waals surface area (Å²) in [5, 5.41) is 11.7. The van der Waals surface area contributed by atoms with Crippen molar-refractivity contribution >= 4 is 38.2 Å². The molecule has 1 aliphatic heterocycles. The Labute approximate surface area is 156 Å². The van der Waals surface area contributed by atoms with Crippen LogP contribution in [0.1, 0.15) is 33.1 Å². The van der Waals surface area contributed by atoms with Crippen LogP contribution >= 0.6 is 15.9 Å². The summed E-state index contributed by atoms with van der Waals surface area (Å²) in [6.45, 7) is 5.69. The van der Waals surface area contributed by atoms with Gasteiger partial charge < -0.3 is 11.2 Å². The van der Waals surface area contributed by atoms with Gasteiger partial charge in [-0.05, 0) is 40.8 Å². The van der Waals surface area contributed by atoms with E-state index in [2.05, 4.69) is 37.4 Å². The quantitative estimate of drug-likeness (QED) is 0.770. The Bertz CT molecular complexity index is 766. The van der Waals surface area contributed by atoms with Gasteiger partial charge in [0, 0.05) is 31.0 Å². The van der Waals surface area contributed by atoms with E-state index >= 15 is 0 Å². The molecule has 3 rings (SSSR count). The predicted molar refractivity (Wildman–Crippen MR) is 103 cm³/mol. The molecule has 5 nitrogen and oxygen atoms in total. The number of nitrogens with one attached hydrogen (secondary N) is 1. The maximum absolute atomic E-state index is 13.7. The topological polar surface area (TPSA) is 78.0 Å². The summed E-state index contributed by atoms with van der Waals surface area (Å²) >= 11 is 3.21. The van der Waals surface area contributed by atoms with Crippen LogP contribution in [0, 0.1) is 23.1 Å². The van der Waals surface area contributed by atoms with E-state index in [1.807, 2.05) is 13.8 Å². The van der Waals surface area contributed by atoms with E-state index in [9.17, 15) is 4.39 Å². The number of aromatic nitrogens is 1. The zero-order valence-electron chi connectivity index (χ0n) is 14.5. The maximum Gasteiger partial charge on any atom is 0.139 e. The molecule has 0 unspecified atom stereocenters. The van der Waals surface area contributed by atoms with Crippen molar-refractivity contribution in [1.82, 2.24) is 9.99 Å². The molecule has 1 aromatic carbocycles. The van der Waals surface area contributed by atoms with Gasteiger partial charge >= 0.3 is 0 Å². The van der Waals surface area contributed by atoms with E-state index in [1.54, 1.807) is 12.3 Å². The first-order valence-corrected chi connectivity index (χ1v) is 9.29. The molecule has 3 N–H and O–H groups in total. The molecule has 25 heavy (non-hydrogen) atoms. The van der Waals surface area contributed by atoms with E-state index in [0.717, 1.165) is 37.0 Å². The number of nitrogen functional groups attached to an aromatic ring is 1. The molecule has 0 bridgehead atoms. The Morgan fingerprint density at radius 2 is 2.08 bits per heavy atom. The molecule has 0 amide bonds. The number of hydrogen-bond acceptors (Lipinski definition) is 5. The lowest BCUT2D eigenvalue weighted by Crippen LogP contribution is -2.38. The maximum atomic E-state index is 13.7. The summed E-state index contributed by atoms with van der Waals surface area (Å²) in [6, 6.07) is 5.32. The third-order valence-electron chi connectivity index (χ3n) is 4.20. The molecule has 2 aromatic rings. The lowest BCUT2D eigenvalue weighted by atomic mass is 9.95. The van der Waals surface area contributed by atoms with E-state index in [1.165, 1.54) is 6.07 Å². The number of rotatable bonds is 3. The van der Waals surface area contributed by atoms with E-state index in [4.69, 9.17) is 11.0 Å². The molecule has 0 aliphatic carbocycles. The van der Waals surface area contributed by atoms with Crippen molar-refractivity contribution in [3.05, 3.63) is 28.6 Å². The first-order valence-electron chi connectivity index (χ1n) is 8.50. The SMILES string of the molecule is CC.N#CCC1CCN(Nc2c(N)cnc3cc(F)c(Br)cc23)CC1. The molecule has 7 heteroatoms. The van der Waals surface area contributed by atoms with Gasteiger partial charge in [-0.3, -0.25) is 4.98 Å². The molecule has 1 aromatic heterocycles. The molecule has 0 radical (unpaired) electrons. The van der Waals surface area contributed by atoms with Crippen LogP contribution in [0.5, 0.6) is 0 Å². The second-order valence-electron chi connectivity index (χ2n) is 5.78. The van der Waals surface area contributed by atoms with Crippen LogP contribution in [0.2, 0.25) is 0 Å². The Morgan fingerprint density at radius 3 is 2.72 bits per heavy atom. The number of benzene rings is 1. The Morgan fingerprint density at radius 1 is 1.40 bits per heavy atom. The average Bonchev–Trinajstić information content (AvgIpc) is 2.63. The van der Waals surface area contributed by atoms with Crippen molar-refractivity contribution in [2.24, 2.45) is 5.92 Å². The third-order valence-corrected chi connectivity index (χ3v) is 4.81. The van der Waals surface area contributed by atoms with Crippen molar-refractivity contribution in [2.75, 3.05) is 24.2 Å². The van der Waals surface area contributed by atoms with Gasteiger partial charge in [-0.25, -0.2) is 9.40 Å². The smallest absolute Gasteiger partial charge is 0.139 e. The molecule has 1 saturated heterocycles. The molecular weight excluding hydrogens is 385 g/mol. The number of hydrogen-bond donors (Lipinski definition) is 2. The van der Waals surface area contributed by atoms with Crippen LogP contribution < -0.4 is 11.2 Å². The van der Waals surface area contributed by atoms with Crippen LogP contribution in [0.15, 0.2) is 22.8 Å². The van der Waals surface area contributed by atoms with Crippen molar-refractivity contribution in [3.8, 4) is 6.07 Å². The largest absolute Gasteiger partial charge is 0.396 e. The van der Waals surface area contributed by atoms with Crippen LogP contribution in [0.3, 0.4) is 0 Å². The van der Waals surface area contributed by atoms with Gasteiger partial charge in [-0.15, -0.1) is 0 Å². The number of pyridine rings is 1. The number of halogens is 2. The van der Waals surface area contributed by atoms with Gasteiger partial charge in [-0.2, -0.15) is 5.26 Å². The van der Waals surface area contributed by atoms with Gasteiger partial charge in [0.05, 0.1) is 33.6 Å². The predicted octanol–water partition coefficient (Wildman–Crippen LogP) is 4.70. The minimum absolute atomic E-state index is 0.349. The summed E-state index contributed by atoms with van der Waals surface area (Å²) in [5.74, 6) is 0.117. The standard InChI is InChI=1S/C16H17BrFN5.C2H6/c17-12-7-11-15(8-13(12)18)21-9-14(20)16(11)22-23-5-2-10(1-4-19)3-6-23;1-2/h7-10H,1-3,5-6,20H2,(H,21,22);1-2H3. The van der Waals surface area contributed by atoms with Gasteiger partial charge in [-0.1, -0.05) is 13.8 Å². The fourth-order valence-electron chi connectivity index (χ4n) is 2.86. The highest BCUT2D eigenvalue weighted by Gasteiger charge is 2.20. The first kappa shape index (κ1) is 19.4. The highest BCUT2D eigenvalue weighted by molar-refractivity contribution is 9.10. The first-order chi connectivity index (χ1) is 12.1. The van der Waals surface area contributed by atoms with Crippen LogP contribution in [0.4, 0.5) is 15.8 Å². The zero-order chi connectivity index (χ0) is 18.4. The number of nitrogens with two attached hydrogens (primary N) is 1. The number of hydrazine groups is 1. The second-order valence-corrected chi connectivity index (χ2v) is 6.63. The van der Waals surface area contributed by atoms with Gasteiger partial charge in [0.25, 0.3) is 0 Å². The molecular formula is C18H23BrFN5. The van der Waals surface area contributed by atoms with Crippen LogP contribution in [0.25, 0.3) is 10.9 Å². The minimum Gasteiger partial charge on any atom is -0.396 e. The normalized spacial score (nSPS) is 15.3. The van der Waals surface area contributed by atoms with E-state index in [-0.39, 0.29) is 5.82 Å². The number of anilines is 2. The zero-order valence-corrected chi connectivity index (χ0v) is 16.1. The van der Waals surface area contributed by atoms with E-state index in [0.29, 0.717) is 28.0 Å². The molecule has 134 valence electrons. The van der Waals surface area contributed by atoms with Crippen molar-refractivity contribution in [1.29, 1.82) is 5.26 Å². The molecule has 1 aliphatic rings. The van der Waals surface area contributed by atoms with Crippen LogP contribution in [-0.2, 0) is 0 Å². The van der Waals surface area contributed by atoms with Gasteiger partial charge in [0.1, 0.15) is 5.82 Å². The molecule has 0 spiro atoms. The van der Waals surface area contributed by atoms with Gasteiger partial charge in [0.15, 0.2) is 0 Å². The molecule has 0 atom stereocenters. The highest BCUT2D eigenvalue weighted by atomic mass is 79.9. The average molecular weight is 408 g/mol. The monoisotopic (exact) mass is 407 g/mol. The number of piperidine rings is 1. The Balaban J connectivity index is 0.00000109. The van der Waals surface area contributed by atoms with E-state index < -0.39 is 0 Å². The lowest BCUT2D eigenvalue weighted by Gasteiger charge is -2.32. The molecule has 0 saturated carbocycles. The second kappa shape index (κ2) is 8.97. The molecule has 2 heterocycles. The van der Waals surface area contributed by atoms with Crippen molar-refractivity contribution in [2.45, 2.75) is 33.1 Å². The van der Waals surface area contributed by atoms with Gasteiger partial charge in [0.2, 0.25) is 0 Å². The third kappa shape index (κ3) is 4.59. The van der Waals surface area contributed by atoms with Crippen molar-refractivity contribution in [3.63, 3.8) is 0 Å². The fraction of sp³-hybridized carbons (Fsp3) is 0.444. The fourth-order valence-corrected chi connectivity index (χ4v) is 3.21. The Hall–Kier alpha value is -1.91. The summed E-state index contributed by atoms with van der Waals surface area (Å²) in [5.41, 5.74) is 11.2. The summed E-state index contributed by atoms with van der Waals surface area (Å²) in [7, 11) is 0. The molecule has 1 fully saturated rings. The minimum atomic E-state index is -0.349. The lowest BCUT2D eigenvalue weighted by molar-refractivity contribution is 0.219. The van der Waals surface area contributed by atoms with Crippen molar-refractivity contribution < 1.29 is 4.39 Å². The summed E-state index contributed by atoms with van der Waals surface area (Å²) < 4.78 is 14.1. The number of nitrogens with zero attached hydrogens (tertiary/aromatic N) is 3. The number of fused-ring (bicyclic) bond motifs is 1.